The second kappa shape index (κ2) is 8.68. The van der Waals surface area contributed by atoms with Crippen molar-refractivity contribution in [1.82, 2.24) is 0 Å². The maximum absolute atomic E-state index is 12.8. The van der Waals surface area contributed by atoms with E-state index in [1.54, 1.807) is 47.8 Å². The van der Waals surface area contributed by atoms with Gasteiger partial charge in [-0.25, -0.2) is 13.2 Å². The minimum Gasteiger partial charge on any atom is -0.465 e. The molecule has 1 aromatic heterocycles. The molecule has 3 aromatic rings. The molecule has 0 aliphatic carbocycles. The molecule has 156 valence electrons. The molecule has 30 heavy (non-hydrogen) atoms. The predicted octanol–water partition coefficient (Wildman–Crippen LogP) is 3.92. The molecule has 9 heteroatoms. The number of esters is 1. The Hall–Kier alpha value is -3.17. The summed E-state index contributed by atoms with van der Waals surface area (Å²) in [5.74, 6) is -0.951. The molecule has 0 bridgehead atoms. The van der Waals surface area contributed by atoms with Gasteiger partial charge in [-0.05, 0) is 54.8 Å². The van der Waals surface area contributed by atoms with Gasteiger partial charge in [0.25, 0.3) is 15.9 Å². The summed E-state index contributed by atoms with van der Waals surface area (Å²) in [6.07, 6.45) is 0. The van der Waals surface area contributed by atoms with E-state index in [2.05, 4.69) is 5.32 Å². The molecule has 7 nitrogen and oxygen atoms in total. The quantitative estimate of drug-likeness (QED) is 0.582. The van der Waals surface area contributed by atoms with Crippen LogP contribution in [0.4, 0.5) is 11.4 Å². The average molecular weight is 445 g/mol. The molecular formula is C21H20N2O5S2. The van der Waals surface area contributed by atoms with Crippen LogP contribution in [0.3, 0.4) is 0 Å². The fourth-order valence-electron chi connectivity index (χ4n) is 2.68. The molecule has 1 heterocycles. The van der Waals surface area contributed by atoms with Gasteiger partial charge < -0.3 is 10.1 Å². The van der Waals surface area contributed by atoms with E-state index in [0.29, 0.717) is 21.8 Å². The molecule has 1 amide bonds. The first kappa shape index (κ1) is 21.5. The van der Waals surface area contributed by atoms with Gasteiger partial charge in [-0.2, -0.15) is 0 Å². The standard InChI is InChI=1S/C21H20N2O5S2/c1-14-4-10-17(11-5-14)30(26,27)23(2)16-8-6-15(7-9-16)20(24)22-18-12-13-29-19(18)21(25)28-3/h4-13H,1-3H3,(H,22,24). The Labute approximate surface area is 179 Å². The van der Waals surface area contributed by atoms with E-state index in [4.69, 9.17) is 4.74 Å². The van der Waals surface area contributed by atoms with Crippen LogP contribution in [0, 0.1) is 6.92 Å². The Balaban J connectivity index is 1.77. The SMILES string of the molecule is COC(=O)c1sccc1NC(=O)c1ccc(N(C)S(=O)(=O)c2ccc(C)cc2)cc1. The number of rotatable bonds is 6. The zero-order chi connectivity index (χ0) is 21.9. The van der Waals surface area contributed by atoms with Crippen LogP contribution in [0.2, 0.25) is 0 Å². The number of hydrogen-bond donors (Lipinski definition) is 1. The Morgan fingerprint density at radius 1 is 1.00 bits per heavy atom. The molecular weight excluding hydrogens is 424 g/mol. The highest BCUT2D eigenvalue weighted by Gasteiger charge is 2.22. The van der Waals surface area contributed by atoms with Crippen molar-refractivity contribution in [1.29, 1.82) is 0 Å². The normalized spacial score (nSPS) is 11.0. The Kier molecular flexibility index (Phi) is 6.23. The second-order valence-corrected chi connectivity index (χ2v) is 9.33. The van der Waals surface area contributed by atoms with E-state index in [0.717, 1.165) is 21.2 Å². The zero-order valence-electron chi connectivity index (χ0n) is 16.6. The molecule has 3 rings (SSSR count). The number of carbonyl (C=O) groups is 2. The van der Waals surface area contributed by atoms with Gasteiger partial charge in [0.1, 0.15) is 4.88 Å². The number of carbonyl (C=O) groups excluding carboxylic acids is 2. The van der Waals surface area contributed by atoms with Gasteiger partial charge in [0.15, 0.2) is 0 Å². The molecule has 0 aliphatic rings. The number of anilines is 2. The van der Waals surface area contributed by atoms with E-state index in [-0.39, 0.29) is 4.90 Å². The molecule has 0 spiro atoms. The minimum absolute atomic E-state index is 0.185. The van der Waals surface area contributed by atoms with Crippen molar-refractivity contribution < 1.29 is 22.7 Å². The van der Waals surface area contributed by atoms with Crippen LogP contribution < -0.4 is 9.62 Å². The zero-order valence-corrected chi connectivity index (χ0v) is 18.2. The summed E-state index contributed by atoms with van der Waals surface area (Å²) in [7, 11) is -0.990. The largest absolute Gasteiger partial charge is 0.465 e. The van der Waals surface area contributed by atoms with Crippen LogP contribution in [-0.4, -0.2) is 34.5 Å². The lowest BCUT2D eigenvalue weighted by Crippen LogP contribution is -2.26. The summed E-state index contributed by atoms with van der Waals surface area (Å²) in [6, 6.07) is 14.4. The predicted molar refractivity (Wildman–Crippen MR) is 117 cm³/mol. The van der Waals surface area contributed by atoms with Crippen molar-refractivity contribution in [3.8, 4) is 0 Å². The molecule has 0 radical (unpaired) electrons. The number of sulfonamides is 1. The third kappa shape index (κ3) is 4.37. The van der Waals surface area contributed by atoms with Crippen LogP contribution in [0.25, 0.3) is 0 Å². The number of thiophene rings is 1. The van der Waals surface area contributed by atoms with Crippen molar-refractivity contribution in [3.05, 3.63) is 76.0 Å². The topological polar surface area (TPSA) is 92.8 Å². The molecule has 1 N–H and O–H groups in total. The van der Waals surface area contributed by atoms with Gasteiger partial charge in [0.2, 0.25) is 0 Å². The summed E-state index contributed by atoms with van der Waals surface area (Å²) in [4.78, 5) is 24.7. The highest BCUT2D eigenvalue weighted by molar-refractivity contribution is 7.92. The number of methoxy groups -OCH3 is 1. The first-order valence-corrected chi connectivity index (χ1v) is 11.2. The van der Waals surface area contributed by atoms with E-state index in [1.165, 1.54) is 26.3 Å². The van der Waals surface area contributed by atoms with Gasteiger partial charge in [-0.3, -0.25) is 9.10 Å². The van der Waals surface area contributed by atoms with E-state index in [1.807, 2.05) is 6.92 Å². The first-order valence-electron chi connectivity index (χ1n) is 8.87. The van der Waals surface area contributed by atoms with E-state index >= 15 is 0 Å². The first-order chi connectivity index (χ1) is 14.2. The van der Waals surface area contributed by atoms with Crippen LogP contribution in [0.5, 0.6) is 0 Å². The Morgan fingerprint density at radius 2 is 1.63 bits per heavy atom. The van der Waals surface area contributed by atoms with Gasteiger partial charge in [-0.1, -0.05) is 17.7 Å². The summed E-state index contributed by atoms with van der Waals surface area (Å²) >= 11 is 1.16. The summed E-state index contributed by atoms with van der Waals surface area (Å²) in [5, 5.41) is 4.35. The van der Waals surface area contributed by atoms with Crippen molar-refractivity contribution in [2.24, 2.45) is 0 Å². The number of aryl methyl sites for hydroxylation is 1. The lowest BCUT2D eigenvalue weighted by Gasteiger charge is -2.20. The van der Waals surface area contributed by atoms with Crippen LogP contribution in [-0.2, 0) is 14.8 Å². The summed E-state index contributed by atoms with van der Waals surface area (Å²) < 4.78 is 31.5. The monoisotopic (exact) mass is 444 g/mol. The fourth-order valence-corrected chi connectivity index (χ4v) is 4.64. The lowest BCUT2D eigenvalue weighted by atomic mass is 10.2. The number of amides is 1. The van der Waals surface area contributed by atoms with Gasteiger partial charge in [-0.15, -0.1) is 11.3 Å². The van der Waals surface area contributed by atoms with Gasteiger partial charge in [0.05, 0.1) is 23.4 Å². The molecule has 0 saturated carbocycles. The third-order valence-electron chi connectivity index (χ3n) is 4.46. The lowest BCUT2D eigenvalue weighted by molar-refractivity contribution is 0.0607. The minimum atomic E-state index is -3.72. The van der Waals surface area contributed by atoms with E-state index < -0.39 is 21.9 Å². The van der Waals surface area contributed by atoms with Crippen molar-refractivity contribution >= 4 is 44.6 Å². The molecule has 0 aliphatic heterocycles. The number of hydrogen-bond acceptors (Lipinski definition) is 6. The van der Waals surface area contributed by atoms with Crippen molar-refractivity contribution in [2.75, 3.05) is 23.8 Å². The molecule has 0 unspecified atom stereocenters. The Bertz CT molecular complexity index is 1170. The fraction of sp³-hybridized carbons (Fsp3) is 0.143. The number of benzene rings is 2. The number of nitrogens with zero attached hydrogens (tertiary/aromatic N) is 1. The molecule has 0 saturated heterocycles. The average Bonchev–Trinajstić information content (AvgIpc) is 3.21. The van der Waals surface area contributed by atoms with Crippen LogP contribution >= 0.6 is 11.3 Å². The maximum atomic E-state index is 12.8. The number of ether oxygens (including phenoxy) is 1. The third-order valence-corrected chi connectivity index (χ3v) is 7.15. The summed E-state index contributed by atoms with van der Waals surface area (Å²) in [6.45, 7) is 1.88. The Morgan fingerprint density at radius 3 is 2.23 bits per heavy atom. The highest BCUT2D eigenvalue weighted by Crippen LogP contribution is 2.25. The molecule has 2 aromatic carbocycles. The molecule has 0 fully saturated rings. The summed E-state index contributed by atoms with van der Waals surface area (Å²) in [5.41, 5.74) is 2.06. The van der Waals surface area contributed by atoms with Crippen LogP contribution in [0.15, 0.2) is 64.9 Å². The smallest absolute Gasteiger partial charge is 0.350 e. The number of nitrogens with one attached hydrogen (secondary N) is 1. The van der Waals surface area contributed by atoms with Crippen LogP contribution in [0.1, 0.15) is 25.6 Å². The highest BCUT2D eigenvalue weighted by atomic mass is 32.2. The van der Waals surface area contributed by atoms with Crippen molar-refractivity contribution in [3.63, 3.8) is 0 Å². The van der Waals surface area contributed by atoms with Gasteiger partial charge >= 0.3 is 5.97 Å². The maximum Gasteiger partial charge on any atom is 0.350 e. The second-order valence-electron chi connectivity index (χ2n) is 6.44. The van der Waals surface area contributed by atoms with Gasteiger partial charge in [0, 0.05) is 12.6 Å². The van der Waals surface area contributed by atoms with E-state index in [9.17, 15) is 18.0 Å². The molecule has 0 atom stereocenters. The van der Waals surface area contributed by atoms with Crippen molar-refractivity contribution in [2.45, 2.75) is 11.8 Å².